The van der Waals surface area contributed by atoms with Gasteiger partial charge in [-0.1, -0.05) is 13.8 Å². The van der Waals surface area contributed by atoms with Gasteiger partial charge in [0.2, 0.25) is 0 Å². The average molecular weight is 243 g/mol. The van der Waals surface area contributed by atoms with Gasteiger partial charge in [0, 0.05) is 18.9 Å². The Labute approximate surface area is 101 Å². The third kappa shape index (κ3) is 3.52. The van der Waals surface area contributed by atoms with Gasteiger partial charge in [0.1, 0.15) is 0 Å². The molecule has 92 valence electrons. The molecule has 0 fully saturated rings. The molecule has 2 atom stereocenters. The number of thiazole rings is 1. The zero-order chi connectivity index (χ0) is 12.1. The summed E-state index contributed by atoms with van der Waals surface area (Å²) in [4.78, 5) is 4.44. The zero-order valence-electron chi connectivity index (χ0n) is 10.4. The van der Waals surface area contributed by atoms with E-state index in [9.17, 15) is 0 Å². The van der Waals surface area contributed by atoms with Crippen LogP contribution in [0.5, 0.6) is 0 Å². The Morgan fingerprint density at radius 2 is 2.25 bits per heavy atom. The van der Waals surface area contributed by atoms with Crippen LogP contribution >= 0.6 is 11.3 Å². The highest BCUT2D eigenvalue weighted by atomic mass is 32.1. The third-order valence-corrected chi connectivity index (χ3v) is 3.46. The first kappa shape index (κ1) is 13.6. The molecule has 2 unspecified atom stereocenters. The first-order chi connectivity index (χ1) is 7.58. The van der Waals surface area contributed by atoms with Crippen molar-refractivity contribution in [3.8, 4) is 0 Å². The first-order valence-electron chi connectivity index (χ1n) is 5.48. The fourth-order valence-electron chi connectivity index (χ4n) is 1.90. The van der Waals surface area contributed by atoms with Gasteiger partial charge < -0.3 is 4.74 Å². The molecule has 0 saturated heterocycles. The lowest BCUT2D eigenvalue weighted by Gasteiger charge is -2.27. The zero-order valence-corrected chi connectivity index (χ0v) is 11.2. The summed E-state index contributed by atoms with van der Waals surface area (Å²) < 4.78 is 5.48. The van der Waals surface area contributed by atoms with Gasteiger partial charge in [0.15, 0.2) is 0 Å². The maximum Gasteiger partial charge on any atom is 0.0897 e. The number of methoxy groups -OCH3 is 1. The van der Waals surface area contributed by atoms with Crippen LogP contribution in [0.1, 0.15) is 24.5 Å². The molecule has 16 heavy (non-hydrogen) atoms. The summed E-state index contributed by atoms with van der Waals surface area (Å²) in [6, 6.07) is 0.103. The molecule has 0 aliphatic carbocycles. The summed E-state index contributed by atoms with van der Waals surface area (Å²) in [5.41, 5.74) is 3.91. The number of nitrogens with two attached hydrogens (primary N) is 1. The molecule has 3 N–H and O–H groups in total. The Hall–Kier alpha value is -0.490. The van der Waals surface area contributed by atoms with Gasteiger partial charge >= 0.3 is 0 Å². The molecule has 0 amide bonds. The van der Waals surface area contributed by atoms with Gasteiger partial charge in [0.25, 0.3) is 0 Å². The van der Waals surface area contributed by atoms with E-state index < -0.39 is 0 Å². The van der Waals surface area contributed by atoms with Crippen molar-refractivity contribution in [1.82, 2.24) is 10.4 Å². The highest BCUT2D eigenvalue weighted by Gasteiger charge is 2.24. The summed E-state index contributed by atoms with van der Waals surface area (Å²) in [5.74, 6) is 6.01. The quantitative estimate of drug-likeness (QED) is 0.587. The fourth-order valence-corrected chi connectivity index (χ4v) is 2.52. The molecule has 0 spiro atoms. The summed E-state index contributed by atoms with van der Waals surface area (Å²) >= 11 is 1.66. The number of hydrazine groups is 1. The van der Waals surface area contributed by atoms with Crippen molar-refractivity contribution in [3.05, 3.63) is 16.1 Å². The monoisotopic (exact) mass is 243 g/mol. The molecule has 1 aromatic heterocycles. The summed E-state index contributed by atoms with van der Waals surface area (Å²) in [6.45, 7) is 6.27. The molecule has 0 aliphatic rings. The molecule has 1 rings (SSSR count). The molecule has 0 radical (unpaired) electrons. The first-order valence-corrected chi connectivity index (χ1v) is 6.36. The Morgan fingerprint density at radius 1 is 1.56 bits per heavy atom. The maximum absolute atomic E-state index is 5.59. The molecule has 1 heterocycles. The second-order valence-electron chi connectivity index (χ2n) is 4.28. The van der Waals surface area contributed by atoms with E-state index in [1.54, 1.807) is 18.4 Å². The second kappa shape index (κ2) is 6.30. The topological polar surface area (TPSA) is 60.2 Å². The second-order valence-corrected chi connectivity index (χ2v) is 5.34. The fraction of sp³-hybridized carbons (Fsp3) is 0.727. The minimum absolute atomic E-state index is 0.103. The minimum atomic E-state index is 0.103. The van der Waals surface area contributed by atoms with Crippen LogP contribution in [-0.2, 0) is 11.2 Å². The van der Waals surface area contributed by atoms with E-state index >= 15 is 0 Å². The third-order valence-electron chi connectivity index (χ3n) is 2.64. The van der Waals surface area contributed by atoms with Crippen molar-refractivity contribution in [2.24, 2.45) is 11.8 Å². The van der Waals surface area contributed by atoms with Crippen LogP contribution in [0.25, 0.3) is 0 Å². The van der Waals surface area contributed by atoms with Crippen molar-refractivity contribution in [2.75, 3.05) is 7.11 Å². The van der Waals surface area contributed by atoms with Crippen LogP contribution < -0.4 is 11.3 Å². The number of aromatic nitrogens is 1. The van der Waals surface area contributed by atoms with E-state index in [1.165, 1.54) is 0 Å². The van der Waals surface area contributed by atoms with Gasteiger partial charge in [-0.25, -0.2) is 4.98 Å². The molecule has 1 aromatic rings. The van der Waals surface area contributed by atoms with Gasteiger partial charge in [-0.2, -0.15) is 0 Å². The van der Waals surface area contributed by atoms with Crippen molar-refractivity contribution in [2.45, 2.75) is 39.3 Å². The average Bonchev–Trinajstić information content (AvgIpc) is 2.63. The number of hydrogen-bond donors (Lipinski definition) is 2. The largest absolute Gasteiger partial charge is 0.380 e. The number of ether oxygens (including phenoxy) is 1. The maximum atomic E-state index is 5.59. The smallest absolute Gasteiger partial charge is 0.0897 e. The van der Waals surface area contributed by atoms with Gasteiger partial charge in [-0.3, -0.25) is 11.3 Å². The molecule has 0 aliphatic heterocycles. The van der Waals surface area contributed by atoms with Gasteiger partial charge in [0.05, 0.1) is 22.8 Å². The van der Waals surface area contributed by atoms with E-state index in [4.69, 9.17) is 10.6 Å². The minimum Gasteiger partial charge on any atom is -0.380 e. The molecule has 5 heteroatoms. The lowest BCUT2D eigenvalue weighted by molar-refractivity contribution is 0.0330. The van der Waals surface area contributed by atoms with E-state index in [0.717, 1.165) is 17.1 Å². The number of nitrogens with one attached hydrogen (secondary N) is 1. The van der Waals surface area contributed by atoms with Crippen LogP contribution in [0.15, 0.2) is 5.38 Å². The lowest BCUT2D eigenvalue weighted by atomic mass is 9.96. The molecule has 4 nitrogen and oxygen atoms in total. The standard InChI is InChI=1S/C11H21N3OS/c1-7(2)11(15-4)10(14-12)5-9-6-16-8(3)13-9/h6-7,10-11,14H,5,12H2,1-4H3. The molecule has 0 aromatic carbocycles. The van der Waals surface area contributed by atoms with Crippen LogP contribution in [0.2, 0.25) is 0 Å². The van der Waals surface area contributed by atoms with E-state index in [0.29, 0.717) is 5.92 Å². The van der Waals surface area contributed by atoms with Gasteiger partial charge in [-0.05, 0) is 12.8 Å². The predicted octanol–water partition coefficient (Wildman–Crippen LogP) is 1.50. The van der Waals surface area contributed by atoms with Crippen molar-refractivity contribution in [1.29, 1.82) is 0 Å². The Kier molecular flexibility index (Phi) is 5.34. The highest BCUT2D eigenvalue weighted by Crippen LogP contribution is 2.16. The highest BCUT2D eigenvalue weighted by molar-refractivity contribution is 7.09. The molecule has 0 bridgehead atoms. The number of hydrogen-bond acceptors (Lipinski definition) is 5. The lowest BCUT2D eigenvalue weighted by Crippen LogP contribution is -2.48. The number of aryl methyl sites for hydroxylation is 1. The Bertz CT molecular complexity index is 314. The van der Waals surface area contributed by atoms with Crippen LogP contribution in [0.3, 0.4) is 0 Å². The summed E-state index contributed by atoms with van der Waals surface area (Å²) in [6.07, 6.45) is 0.907. The van der Waals surface area contributed by atoms with Crippen molar-refractivity contribution < 1.29 is 4.74 Å². The number of rotatable bonds is 6. The van der Waals surface area contributed by atoms with E-state index in [1.807, 2.05) is 6.92 Å². The van der Waals surface area contributed by atoms with E-state index in [-0.39, 0.29) is 12.1 Å². The van der Waals surface area contributed by atoms with Gasteiger partial charge in [-0.15, -0.1) is 11.3 Å². The SMILES string of the molecule is COC(C(C)C)C(Cc1csc(C)n1)NN. The molecule has 0 saturated carbocycles. The Morgan fingerprint density at radius 3 is 2.62 bits per heavy atom. The van der Waals surface area contributed by atoms with Crippen LogP contribution in [-0.4, -0.2) is 24.2 Å². The molecular formula is C11H21N3OS. The van der Waals surface area contributed by atoms with E-state index in [2.05, 4.69) is 29.6 Å². The van der Waals surface area contributed by atoms with Crippen molar-refractivity contribution >= 4 is 11.3 Å². The molecular weight excluding hydrogens is 222 g/mol. The summed E-state index contributed by atoms with van der Waals surface area (Å²) in [7, 11) is 1.72. The Balaban J connectivity index is 2.67. The normalized spacial score (nSPS) is 15.4. The predicted molar refractivity (Wildman–Crippen MR) is 67.3 cm³/mol. The summed E-state index contributed by atoms with van der Waals surface area (Å²) in [5, 5.41) is 3.16. The van der Waals surface area contributed by atoms with Crippen molar-refractivity contribution in [3.63, 3.8) is 0 Å². The van der Waals surface area contributed by atoms with Crippen LogP contribution in [0.4, 0.5) is 0 Å². The number of nitrogens with zero attached hydrogens (tertiary/aromatic N) is 1. The van der Waals surface area contributed by atoms with Crippen LogP contribution in [0, 0.1) is 12.8 Å².